The molecule has 1 fully saturated rings. The summed E-state index contributed by atoms with van der Waals surface area (Å²) < 4.78 is 5.09. The number of hydrogen-bond acceptors (Lipinski definition) is 3. The molecule has 2 rings (SSSR count). The molecule has 1 unspecified atom stereocenters. The van der Waals surface area contributed by atoms with Crippen LogP contribution in [0.5, 0.6) is 5.75 Å². The Bertz CT molecular complexity index is 488. The Morgan fingerprint density at radius 2 is 2.25 bits per heavy atom. The van der Waals surface area contributed by atoms with Crippen molar-refractivity contribution in [2.75, 3.05) is 20.3 Å². The second-order valence-electron chi connectivity index (χ2n) is 5.23. The van der Waals surface area contributed by atoms with Crippen molar-refractivity contribution in [3.8, 4) is 5.75 Å². The molecule has 110 valence electrons. The van der Waals surface area contributed by atoms with E-state index in [1.807, 2.05) is 0 Å². The lowest BCUT2D eigenvalue weighted by Crippen LogP contribution is -2.42. The van der Waals surface area contributed by atoms with Crippen molar-refractivity contribution in [1.82, 2.24) is 4.90 Å². The quantitative estimate of drug-likeness (QED) is 0.878. The lowest BCUT2D eigenvalue weighted by molar-refractivity contribution is 0.0594. The van der Waals surface area contributed by atoms with Crippen LogP contribution in [0.15, 0.2) is 18.2 Å². The molecule has 1 N–H and O–H groups in total. The summed E-state index contributed by atoms with van der Waals surface area (Å²) in [5.41, 5.74) is 0.343. The van der Waals surface area contributed by atoms with Crippen LogP contribution >= 0.6 is 11.6 Å². The van der Waals surface area contributed by atoms with Gasteiger partial charge in [0.15, 0.2) is 0 Å². The number of benzene rings is 1. The third kappa shape index (κ3) is 3.44. The zero-order valence-electron chi connectivity index (χ0n) is 11.8. The number of carbonyl (C=O) groups excluding carboxylic acids is 1. The molecule has 1 aromatic rings. The van der Waals surface area contributed by atoms with Crippen LogP contribution in [0.25, 0.3) is 0 Å². The summed E-state index contributed by atoms with van der Waals surface area (Å²) in [5, 5.41) is 9.91. The van der Waals surface area contributed by atoms with Crippen LogP contribution in [0.2, 0.25) is 5.02 Å². The molecule has 0 spiro atoms. The Morgan fingerprint density at radius 3 is 2.85 bits per heavy atom. The minimum Gasteiger partial charge on any atom is -0.508 e. The largest absolute Gasteiger partial charge is 0.508 e. The molecule has 1 aliphatic carbocycles. The number of rotatable bonds is 6. The first-order valence-corrected chi connectivity index (χ1v) is 7.20. The van der Waals surface area contributed by atoms with Gasteiger partial charge in [0.05, 0.1) is 17.2 Å². The average Bonchev–Trinajstić information content (AvgIpc) is 3.26. The van der Waals surface area contributed by atoms with Crippen LogP contribution in [-0.4, -0.2) is 42.2 Å². The fourth-order valence-corrected chi connectivity index (χ4v) is 2.54. The van der Waals surface area contributed by atoms with Crippen molar-refractivity contribution < 1.29 is 14.6 Å². The minimum absolute atomic E-state index is 0.0449. The maximum absolute atomic E-state index is 12.7. The zero-order chi connectivity index (χ0) is 14.7. The highest BCUT2D eigenvalue weighted by atomic mass is 35.5. The van der Waals surface area contributed by atoms with E-state index in [4.69, 9.17) is 16.3 Å². The van der Waals surface area contributed by atoms with Crippen LogP contribution in [0.4, 0.5) is 0 Å². The van der Waals surface area contributed by atoms with Gasteiger partial charge in [-0.25, -0.2) is 0 Å². The lowest BCUT2D eigenvalue weighted by atomic mass is 10.1. The van der Waals surface area contributed by atoms with Crippen molar-refractivity contribution in [2.24, 2.45) is 5.92 Å². The summed E-state index contributed by atoms with van der Waals surface area (Å²) in [7, 11) is 1.62. The molecule has 0 radical (unpaired) electrons. The maximum Gasteiger partial charge on any atom is 0.255 e. The summed E-state index contributed by atoms with van der Waals surface area (Å²) in [6.07, 6.45) is 2.32. The first-order chi connectivity index (χ1) is 9.54. The summed E-state index contributed by atoms with van der Waals surface area (Å²) in [6.45, 7) is 3.07. The molecule has 4 nitrogen and oxygen atoms in total. The summed E-state index contributed by atoms with van der Waals surface area (Å²) in [5.74, 6) is 0.456. The number of carbonyl (C=O) groups is 1. The van der Waals surface area contributed by atoms with E-state index >= 15 is 0 Å². The van der Waals surface area contributed by atoms with Gasteiger partial charge in [0, 0.05) is 19.7 Å². The van der Waals surface area contributed by atoms with Gasteiger partial charge in [-0.2, -0.15) is 0 Å². The topological polar surface area (TPSA) is 49.8 Å². The van der Waals surface area contributed by atoms with Gasteiger partial charge in [-0.15, -0.1) is 0 Å². The predicted octanol–water partition coefficient (Wildman–Crippen LogP) is 2.93. The summed E-state index contributed by atoms with van der Waals surface area (Å²) >= 11 is 6.08. The summed E-state index contributed by atoms with van der Waals surface area (Å²) in [4.78, 5) is 14.5. The van der Waals surface area contributed by atoms with Gasteiger partial charge in [-0.1, -0.05) is 11.6 Å². The lowest BCUT2D eigenvalue weighted by Gasteiger charge is -2.29. The van der Waals surface area contributed by atoms with Crippen molar-refractivity contribution >= 4 is 17.5 Å². The third-order valence-corrected chi connectivity index (χ3v) is 4.10. The first kappa shape index (κ1) is 15.1. The van der Waals surface area contributed by atoms with E-state index in [1.54, 1.807) is 18.1 Å². The Hall–Kier alpha value is -1.26. The van der Waals surface area contributed by atoms with Crippen molar-refractivity contribution in [2.45, 2.75) is 25.8 Å². The molecule has 1 aromatic carbocycles. The second kappa shape index (κ2) is 6.46. The van der Waals surface area contributed by atoms with E-state index in [-0.39, 0.29) is 17.7 Å². The molecule has 1 saturated carbocycles. The van der Waals surface area contributed by atoms with Crippen LogP contribution in [0.1, 0.15) is 30.1 Å². The Balaban J connectivity index is 2.22. The van der Waals surface area contributed by atoms with Crippen LogP contribution < -0.4 is 0 Å². The molecule has 0 heterocycles. The van der Waals surface area contributed by atoms with E-state index in [0.29, 0.717) is 29.7 Å². The van der Waals surface area contributed by atoms with Crippen molar-refractivity contribution in [3.63, 3.8) is 0 Å². The minimum atomic E-state index is -0.151. The molecule has 0 aromatic heterocycles. The van der Waals surface area contributed by atoms with E-state index in [0.717, 1.165) is 12.8 Å². The SMILES string of the molecule is COCCN(C(=O)c1cc(O)ccc1Cl)C(C)C1CC1. The molecule has 20 heavy (non-hydrogen) atoms. The normalized spacial score (nSPS) is 15.9. The number of amides is 1. The third-order valence-electron chi connectivity index (χ3n) is 3.77. The number of methoxy groups -OCH3 is 1. The van der Waals surface area contributed by atoms with Crippen LogP contribution in [0, 0.1) is 5.92 Å². The monoisotopic (exact) mass is 297 g/mol. The van der Waals surface area contributed by atoms with Gasteiger partial charge in [0.1, 0.15) is 5.75 Å². The van der Waals surface area contributed by atoms with Crippen molar-refractivity contribution in [1.29, 1.82) is 0 Å². The van der Waals surface area contributed by atoms with Crippen LogP contribution in [-0.2, 0) is 4.74 Å². The maximum atomic E-state index is 12.7. The molecule has 1 aliphatic rings. The van der Waals surface area contributed by atoms with Gasteiger partial charge < -0.3 is 14.7 Å². The molecule has 0 bridgehead atoms. The highest BCUT2D eigenvalue weighted by Crippen LogP contribution is 2.36. The van der Waals surface area contributed by atoms with Crippen molar-refractivity contribution in [3.05, 3.63) is 28.8 Å². The molecular formula is C15H20ClNO3. The number of hydrogen-bond donors (Lipinski definition) is 1. The number of phenolic OH excluding ortho intramolecular Hbond substituents is 1. The predicted molar refractivity (Wildman–Crippen MR) is 78.2 cm³/mol. The zero-order valence-corrected chi connectivity index (χ0v) is 12.6. The van der Waals surface area contributed by atoms with E-state index in [2.05, 4.69) is 6.92 Å². The highest BCUT2D eigenvalue weighted by Gasteiger charge is 2.34. The smallest absolute Gasteiger partial charge is 0.255 e. The Morgan fingerprint density at radius 1 is 1.55 bits per heavy atom. The Kier molecular flexibility index (Phi) is 4.89. The standard InChI is InChI=1S/C15H20ClNO3/c1-10(11-3-4-11)17(7-8-20-2)15(19)13-9-12(18)5-6-14(13)16/h5-6,9-11,18H,3-4,7-8H2,1-2H3. The fraction of sp³-hybridized carbons (Fsp3) is 0.533. The molecule has 0 saturated heterocycles. The van der Waals surface area contributed by atoms with Gasteiger partial charge in [0.25, 0.3) is 5.91 Å². The molecule has 1 atom stereocenters. The summed E-state index contributed by atoms with van der Waals surface area (Å²) in [6, 6.07) is 4.60. The molecule has 0 aliphatic heterocycles. The first-order valence-electron chi connectivity index (χ1n) is 6.83. The van der Waals surface area contributed by atoms with E-state index in [1.165, 1.54) is 12.1 Å². The van der Waals surface area contributed by atoms with Gasteiger partial charge in [-0.3, -0.25) is 4.79 Å². The fourth-order valence-electron chi connectivity index (χ4n) is 2.34. The number of ether oxygens (including phenoxy) is 1. The van der Waals surface area contributed by atoms with Gasteiger partial charge in [-0.05, 0) is 43.9 Å². The van der Waals surface area contributed by atoms with Gasteiger partial charge in [0.2, 0.25) is 0 Å². The second-order valence-corrected chi connectivity index (χ2v) is 5.64. The van der Waals surface area contributed by atoms with E-state index < -0.39 is 0 Å². The number of nitrogens with zero attached hydrogens (tertiary/aromatic N) is 1. The Labute approximate surface area is 124 Å². The molecule has 5 heteroatoms. The van der Waals surface area contributed by atoms with Crippen LogP contribution in [0.3, 0.4) is 0 Å². The highest BCUT2D eigenvalue weighted by molar-refractivity contribution is 6.33. The molecule has 1 amide bonds. The average molecular weight is 298 g/mol. The van der Waals surface area contributed by atoms with E-state index in [9.17, 15) is 9.90 Å². The number of aromatic hydroxyl groups is 1. The molecular weight excluding hydrogens is 278 g/mol. The van der Waals surface area contributed by atoms with Gasteiger partial charge >= 0.3 is 0 Å². The number of phenols is 1. The number of halogens is 1.